The van der Waals surface area contributed by atoms with Crippen LogP contribution in [-0.2, 0) is 4.79 Å². The maximum absolute atomic E-state index is 12.3. The van der Waals surface area contributed by atoms with Crippen molar-refractivity contribution in [3.05, 3.63) is 23.2 Å². The van der Waals surface area contributed by atoms with Crippen LogP contribution in [0.15, 0.2) is 18.2 Å². The molecule has 4 heteroatoms. The van der Waals surface area contributed by atoms with Crippen molar-refractivity contribution in [2.75, 3.05) is 11.1 Å². The molecule has 1 saturated carbocycles. The van der Waals surface area contributed by atoms with E-state index in [2.05, 4.69) is 19.2 Å². The monoisotopic (exact) mass is 266 g/mol. The van der Waals surface area contributed by atoms with Gasteiger partial charge in [0.1, 0.15) is 0 Å². The van der Waals surface area contributed by atoms with Crippen LogP contribution in [-0.4, -0.2) is 5.91 Å². The maximum Gasteiger partial charge on any atom is 0.228 e. The Labute approximate surface area is 113 Å². The highest BCUT2D eigenvalue weighted by Crippen LogP contribution is 2.43. The Morgan fingerprint density at radius 1 is 1.50 bits per heavy atom. The fourth-order valence-corrected chi connectivity index (χ4v) is 2.92. The van der Waals surface area contributed by atoms with Gasteiger partial charge >= 0.3 is 0 Å². The van der Waals surface area contributed by atoms with E-state index in [-0.39, 0.29) is 17.2 Å². The number of rotatable bonds is 2. The normalized spacial score (nSPS) is 21.8. The largest absolute Gasteiger partial charge is 0.397 e. The van der Waals surface area contributed by atoms with Crippen LogP contribution in [0.3, 0.4) is 0 Å². The van der Waals surface area contributed by atoms with Gasteiger partial charge in [-0.1, -0.05) is 37.9 Å². The number of benzene rings is 1. The molecule has 98 valence electrons. The Morgan fingerprint density at radius 3 is 2.78 bits per heavy atom. The summed E-state index contributed by atoms with van der Waals surface area (Å²) in [5.74, 6) is 0.0606. The van der Waals surface area contributed by atoms with Crippen LogP contribution in [0.1, 0.15) is 33.1 Å². The van der Waals surface area contributed by atoms with Crippen LogP contribution in [0.25, 0.3) is 0 Å². The zero-order valence-corrected chi connectivity index (χ0v) is 11.6. The van der Waals surface area contributed by atoms with Crippen molar-refractivity contribution in [1.82, 2.24) is 0 Å². The predicted molar refractivity (Wildman–Crippen MR) is 75.6 cm³/mol. The molecule has 3 N–H and O–H groups in total. The van der Waals surface area contributed by atoms with Gasteiger partial charge in [0, 0.05) is 5.92 Å². The van der Waals surface area contributed by atoms with E-state index >= 15 is 0 Å². The molecule has 3 nitrogen and oxygen atoms in total. The van der Waals surface area contributed by atoms with Crippen LogP contribution in [0.2, 0.25) is 5.02 Å². The minimum atomic E-state index is 0.0253. The first kappa shape index (κ1) is 13.2. The Bertz CT molecular complexity index is 451. The van der Waals surface area contributed by atoms with Crippen LogP contribution >= 0.6 is 11.6 Å². The molecule has 1 aromatic carbocycles. The average Bonchev–Trinajstić information content (AvgIpc) is 2.63. The first-order valence-corrected chi connectivity index (χ1v) is 6.64. The molecule has 0 heterocycles. The molecule has 1 aromatic rings. The third-order valence-corrected chi connectivity index (χ3v) is 4.18. The Morgan fingerprint density at radius 2 is 2.22 bits per heavy atom. The van der Waals surface area contributed by atoms with Gasteiger partial charge in [-0.05, 0) is 30.4 Å². The van der Waals surface area contributed by atoms with Crippen molar-refractivity contribution in [3.63, 3.8) is 0 Å². The van der Waals surface area contributed by atoms with Gasteiger partial charge < -0.3 is 11.1 Å². The lowest BCUT2D eigenvalue weighted by molar-refractivity contribution is -0.122. The van der Waals surface area contributed by atoms with Gasteiger partial charge in [0.05, 0.1) is 16.4 Å². The molecule has 0 saturated heterocycles. The summed E-state index contributed by atoms with van der Waals surface area (Å²) >= 11 is 6.06. The van der Waals surface area contributed by atoms with Crippen molar-refractivity contribution in [3.8, 4) is 0 Å². The number of hydrogen-bond donors (Lipinski definition) is 2. The Kier molecular flexibility index (Phi) is 3.53. The number of amides is 1. The Balaban J connectivity index is 2.17. The number of nitrogen functional groups attached to an aromatic ring is 1. The van der Waals surface area contributed by atoms with Gasteiger partial charge in [0.25, 0.3) is 0 Å². The lowest BCUT2D eigenvalue weighted by Crippen LogP contribution is -2.31. The molecule has 0 aromatic heterocycles. The summed E-state index contributed by atoms with van der Waals surface area (Å²) in [6, 6.07) is 5.24. The topological polar surface area (TPSA) is 55.1 Å². The number of nitrogens with two attached hydrogens (primary N) is 1. The highest BCUT2D eigenvalue weighted by atomic mass is 35.5. The van der Waals surface area contributed by atoms with E-state index in [9.17, 15) is 4.79 Å². The van der Waals surface area contributed by atoms with E-state index in [1.807, 2.05) is 0 Å². The van der Waals surface area contributed by atoms with Gasteiger partial charge in [0.15, 0.2) is 0 Å². The quantitative estimate of drug-likeness (QED) is 0.802. The molecule has 0 aliphatic heterocycles. The van der Waals surface area contributed by atoms with Gasteiger partial charge in [-0.2, -0.15) is 0 Å². The molecule has 0 bridgehead atoms. The van der Waals surface area contributed by atoms with Crippen molar-refractivity contribution in [2.24, 2.45) is 11.3 Å². The second-order valence-corrected chi connectivity index (χ2v) is 6.03. The number of carbonyl (C=O) groups is 1. The van der Waals surface area contributed by atoms with Crippen LogP contribution < -0.4 is 11.1 Å². The van der Waals surface area contributed by atoms with Crippen LogP contribution in [0.5, 0.6) is 0 Å². The third kappa shape index (κ3) is 2.46. The summed E-state index contributed by atoms with van der Waals surface area (Å²) in [7, 11) is 0. The number of anilines is 2. The zero-order valence-electron chi connectivity index (χ0n) is 10.8. The minimum Gasteiger partial charge on any atom is -0.397 e. The zero-order chi connectivity index (χ0) is 13.3. The smallest absolute Gasteiger partial charge is 0.228 e. The highest BCUT2D eigenvalue weighted by molar-refractivity contribution is 6.34. The van der Waals surface area contributed by atoms with Crippen molar-refractivity contribution >= 4 is 28.9 Å². The van der Waals surface area contributed by atoms with Gasteiger partial charge in [-0.25, -0.2) is 0 Å². The Hall–Kier alpha value is -1.22. The first-order chi connectivity index (χ1) is 8.42. The van der Waals surface area contributed by atoms with Crippen LogP contribution in [0.4, 0.5) is 11.4 Å². The molecule has 2 rings (SSSR count). The molecule has 1 atom stereocenters. The number of hydrogen-bond acceptors (Lipinski definition) is 2. The lowest BCUT2D eigenvalue weighted by Gasteiger charge is -2.26. The van der Waals surface area contributed by atoms with Gasteiger partial charge in [-0.3, -0.25) is 4.79 Å². The molecular formula is C14H19ClN2O. The van der Waals surface area contributed by atoms with Crippen molar-refractivity contribution in [2.45, 2.75) is 33.1 Å². The summed E-state index contributed by atoms with van der Waals surface area (Å²) in [5, 5.41) is 3.37. The lowest BCUT2D eigenvalue weighted by atomic mass is 9.81. The molecule has 1 amide bonds. The second-order valence-electron chi connectivity index (χ2n) is 5.63. The van der Waals surface area contributed by atoms with Gasteiger partial charge in [0.2, 0.25) is 5.91 Å². The number of para-hydroxylation sites is 1. The molecule has 1 aliphatic rings. The molecular weight excluding hydrogens is 248 g/mol. The van der Waals surface area contributed by atoms with Crippen LogP contribution in [0, 0.1) is 11.3 Å². The number of carbonyl (C=O) groups excluding carboxylic acids is 1. The van der Waals surface area contributed by atoms with Gasteiger partial charge in [-0.15, -0.1) is 0 Å². The van der Waals surface area contributed by atoms with E-state index < -0.39 is 0 Å². The summed E-state index contributed by atoms with van der Waals surface area (Å²) in [5.41, 5.74) is 6.93. The predicted octanol–water partition coefficient (Wildman–Crippen LogP) is 3.69. The van der Waals surface area contributed by atoms with E-state index in [1.54, 1.807) is 18.2 Å². The highest BCUT2D eigenvalue weighted by Gasteiger charge is 2.39. The summed E-state index contributed by atoms with van der Waals surface area (Å²) < 4.78 is 0. The molecule has 1 fully saturated rings. The molecule has 0 spiro atoms. The van der Waals surface area contributed by atoms with Crippen molar-refractivity contribution < 1.29 is 4.79 Å². The van der Waals surface area contributed by atoms with E-state index in [1.165, 1.54) is 0 Å². The van der Waals surface area contributed by atoms with Crippen molar-refractivity contribution in [1.29, 1.82) is 0 Å². The third-order valence-electron chi connectivity index (χ3n) is 3.87. The molecule has 0 radical (unpaired) electrons. The number of halogens is 1. The maximum atomic E-state index is 12.3. The standard InChI is InChI=1S/C14H19ClN2O/c1-14(2)8-4-5-9(14)13(18)17-12-10(15)6-3-7-11(12)16/h3,6-7,9H,4-5,8,16H2,1-2H3,(H,17,18). The molecule has 18 heavy (non-hydrogen) atoms. The summed E-state index contributed by atoms with van der Waals surface area (Å²) in [6.45, 7) is 4.28. The second kappa shape index (κ2) is 4.81. The minimum absolute atomic E-state index is 0.0253. The fourth-order valence-electron chi connectivity index (χ4n) is 2.70. The average molecular weight is 267 g/mol. The SMILES string of the molecule is CC1(C)CCCC1C(=O)Nc1c(N)cccc1Cl. The van der Waals surface area contributed by atoms with E-state index in [0.717, 1.165) is 19.3 Å². The van der Waals surface area contributed by atoms with E-state index in [0.29, 0.717) is 16.4 Å². The molecule has 1 unspecified atom stereocenters. The number of nitrogens with one attached hydrogen (secondary N) is 1. The fraction of sp³-hybridized carbons (Fsp3) is 0.500. The summed E-state index contributed by atoms with van der Waals surface area (Å²) in [6.07, 6.45) is 3.12. The van der Waals surface area contributed by atoms with E-state index in [4.69, 9.17) is 17.3 Å². The molecule has 1 aliphatic carbocycles. The summed E-state index contributed by atoms with van der Waals surface area (Å²) in [4.78, 5) is 12.3. The first-order valence-electron chi connectivity index (χ1n) is 6.26.